The van der Waals surface area contributed by atoms with E-state index in [-0.39, 0.29) is 5.82 Å². The zero-order chi connectivity index (χ0) is 14.5. The summed E-state index contributed by atoms with van der Waals surface area (Å²) in [7, 11) is 1.33. The summed E-state index contributed by atoms with van der Waals surface area (Å²) in [5, 5.41) is 3.40. The first-order chi connectivity index (χ1) is 9.62. The number of aryl methyl sites for hydroxylation is 1. The first-order valence-electron chi connectivity index (χ1n) is 7.05. The van der Waals surface area contributed by atoms with Gasteiger partial charge in [0.05, 0.1) is 7.11 Å². The number of nitrogens with one attached hydrogen (secondary N) is 1. The topological polar surface area (TPSA) is 67.4 Å². The highest BCUT2D eigenvalue weighted by Gasteiger charge is 2.19. The van der Waals surface area contributed by atoms with Crippen LogP contribution in [0.1, 0.15) is 36.1 Å². The molecule has 1 aromatic heterocycles. The van der Waals surface area contributed by atoms with Crippen molar-refractivity contribution in [3.05, 3.63) is 17.6 Å². The lowest BCUT2D eigenvalue weighted by Gasteiger charge is -2.31. The number of ether oxygens (including phenoxy) is 1. The third-order valence-electron chi connectivity index (χ3n) is 3.61. The summed E-state index contributed by atoms with van der Waals surface area (Å²) in [6, 6.07) is 2.26. The van der Waals surface area contributed by atoms with E-state index in [1.165, 1.54) is 7.11 Å². The van der Waals surface area contributed by atoms with Crippen LogP contribution in [0.3, 0.4) is 0 Å². The average Bonchev–Trinajstić information content (AvgIpc) is 2.46. The van der Waals surface area contributed by atoms with Crippen molar-refractivity contribution in [1.29, 1.82) is 0 Å². The quantitative estimate of drug-likeness (QED) is 0.841. The van der Waals surface area contributed by atoms with Crippen molar-refractivity contribution in [2.45, 2.75) is 32.7 Å². The van der Waals surface area contributed by atoms with Gasteiger partial charge in [0.25, 0.3) is 0 Å². The van der Waals surface area contributed by atoms with Crippen molar-refractivity contribution in [2.24, 2.45) is 0 Å². The van der Waals surface area contributed by atoms with Crippen LogP contribution in [0.25, 0.3) is 0 Å². The zero-order valence-corrected chi connectivity index (χ0v) is 12.3. The van der Waals surface area contributed by atoms with Gasteiger partial charge in [-0.3, -0.25) is 0 Å². The molecule has 0 saturated carbocycles. The number of hydrogen-bond donors (Lipinski definition) is 1. The molecule has 20 heavy (non-hydrogen) atoms. The second-order valence-electron chi connectivity index (χ2n) is 5.06. The number of aromatic nitrogens is 2. The van der Waals surface area contributed by atoms with Crippen LogP contribution >= 0.6 is 0 Å². The van der Waals surface area contributed by atoms with Gasteiger partial charge < -0.3 is 15.0 Å². The standard InChI is InChI=1S/C14H22N4O2/c1-4-18-7-5-11(6-8-18)16-12-9-10(2)15-13(17-12)14(19)20-3/h9,11H,4-8H2,1-3H3,(H,15,16,17). The van der Waals surface area contributed by atoms with Gasteiger partial charge in [-0.1, -0.05) is 6.92 Å². The number of carbonyl (C=O) groups is 1. The number of nitrogens with zero attached hydrogens (tertiary/aromatic N) is 3. The molecule has 1 aliphatic rings. The normalized spacial score (nSPS) is 16.9. The molecular weight excluding hydrogens is 256 g/mol. The van der Waals surface area contributed by atoms with Crippen molar-refractivity contribution in [3.8, 4) is 0 Å². The van der Waals surface area contributed by atoms with E-state index in [1.807, 2.05) is 13.0 Å². The Morgan fingerprint density at radius 3 is 2.75 bits per heavy atom. The molecular formula is C14H22N4O2. The molecule has 0 aromatic carbocycles. The molecule has 0 spiro atoms. The van der Waals surface area contributed by atoms with Crippen LogP contribution in [-0.2, 0) is 4.74 Å². The Labute approximate surface area is 119 Å². The SMILES string of the molecule is CCN1CCC(Nc2cc(C)nc(C(=O)OC)n2)CC1. The molecule has 1 N–H and O–H groups in total. The van der Waals surface area contributed by atoms with Crippen LogP contribution in [-0.4, -0.2) is 53.6 Å². The van der Waals surface area contributed by atoms with E-state index in [0.717, 1.165) is 38.2 Å². The molecule has 1 aromatic rings. The molecule has 2 rings (SSSR count). The number of likely N-dealkylation sites (tertiary alicyclic amines) is 1. The minimum Gasteiger partial charge on any atom is -0.463 e. The van der Waals surface area contributed by atoms with E-state index >= 15 is 0 Å². The van der Waals surface area contributed by atoms with E-state index in [4.69, 9.17) is 0 Å². The summed E-state index contributed by atoms with van der Waals surface area (Å²) in [4.78, 5) is 22.3. The third-order valence-corrected chi connectivity index (χ3v) is 3.61. The molecule has 0 aliphatic carbocycles. The molecule has 1 saturated heterocycles. The van der Waals surface area contributed by atoms with Gasteiger partial charge in [-0.15, -0.1) is 0 Å². The number of esters is 1. The summed E-state index contributed by atoms with van der Waals surface area (Å²) < 4.78 is 4.67. The summed E-state index contributed by atoms with van der Waals surface area (Å²) in [5.74, 6) is 0.311. The van der Waals surface area contributed by atoms with Gasteiger partial charge in [-0.25, -0.2) is 14.8 Å². The smallest absolute Gasteiger partial charge is 0.376 e. The van der Waals surface area contributed by atoms with Gasteiger partial charge in [0, 0.05) is 30.9 Å². The molecule has 6 heteroatoms. The zero-order valence-electron chi connectivity index (χ0n) is 12.3. The molecule has 0 amide bonds. The summed E-state index contributed by atoms with van der Waals surface area (Å²) in [5.41, 5.74) is 0.758. The molecule has 0 radical (unpaired) electrons. The van der Waals surface area contributed by atoms with Gasteiger partial charge in [0.15, 0.2) is 0 Å². The van der Waals surface area contributed by atoms with Crippen LogP contribution in [0.5, 0.6) is 0 Å². The fourth-order valence-corrected chi connectivity index (χ4v) is 2.43. The predicted molar refractivity (Wildman–Crippen MR) is 76.9 cm³/mol. The maximum Gasteiger partial charge on any atom is 0.376 e. The number of hydrogen-bond acceptors (Lipinski definition) is 6. The van der Waals surface area contributed by atoms with Crippen LogP contribution in [0, 0.1) is 6.92 Å². The third kappa shape index (κ3) is 3.66. The second-order valence-corrected chi connectivity index (χ2v) is 5.06. The van der Waals surface area contributed by atoms with Gasteiger partial charge in [-0.2, -0.15) is 0 Å². The van der Waals surface area contributed by atoms with E-state index < -0.39 is 5.97 Å². The lowest BCUT2D eigenvalue weighted by Crippen LogP contribution is -2.39. The molecule has 0 unspecified atom stereocenters. The van der Waals surface area contributed by atoms with E-state index in [0.29, 0.717) is 11.9 Å². The van der Waals surface area contributed by atoms with E-state index in [2.05, 4.69) is 31.8 Å². The van der Waals surface area contributed by atoms with E-state index in [1.54, 1.807) is 0 Å². The number of carbonyl (C=O) groups excluding carboxylic acids is 1. The lowest BCUT2D eigenvalue weighted by molar-refractivity contribution is 0.0586. The fraction of sp³-hybridized carbons (Fsp3) is 0.643. The maximum atomic E-state index is 11.5. The lowest BCUT2D eigenvalue weighted by atomic mass is 10.1. The molecule has 110 valence electrons. The van der Waals surface area contributed by atoms with Crippen LogP contribution < -0.4 is 5.32 Å². The van der Waals surface area contributed by atoms with Crippen molar-refractivity contribution < 1.29 is 9.53 Å². The summed E-state index contributed by atoms with van der Waals surface area (Å²) in [6.45, 7) is 7.33. The first-order valence-corrected chi connectivity index (χ1v) is 7.05. The van der Waals surface area contributed by atoms with Crippen LogP contribution in [0.15, 0.2) is 6.07 Å². The van der Waals surface area contributed by atoms with Gasteiger partial charge in [0.2, 0.25) is 5.82 Å². The Morgan fingerprint density at radius 2 is 2.15 bits per heavy atom. The van der Waals surface area contributed by atoms with Gasteiger partial charge >= 0.3 is 5.97 Å². The Balaban J connectivity index is 2.02. The van der Waals surface area contributed by atoms with Gasteiger partial charge in [0.1, 0.15) is 5.82 Å². The second kappa shape index (κ2) is 6.65. The molecule has 1 aliphatic heterocycles. The minimum atomic E-state index is -0.502. The van der Waals surface area contributed by atoms with Crippen molar-refractivity contribution >= 4 is 11.8 Å². The molecule has 0 bridgehead atoms. The van der Waals surface area contributed by atoms with Crippen LogP contribution in [0.2, 0.25) is 0 Å². The summed E-state index contributed by atoms with van der Waals surface area (Å²) >= 11 is 0. The van der Waals surface area contributed by atoms with Crippen molar-refractivity contribution in [1.82, 2.24) is 14.9 Å². The Morgan fingerprint density at radius 1 is 1.45 bits per heavy atom. The molecule has 1 fully saturated rings. The first kappa shape index (κ1) is 14.7. The Hall–Kier alpha value is -1.69. The van der Waals surface area contributed by atoms with Gasteiger partial charge in [-0.05, 0) is 26.3 Å². The van der Waals surface area contributed by atoms with Crippen LogP contribution in [0.4, 0.5) is 5.82 Å². The van der Waals surface area contributed by atoms with E-state index in [9.17, 15) is 4.79 Å². The average molecular weight is 278 g/mol. The van der Waals surface area contributed by atoms with Crippen molar-refractivity contribution in [3.63, 3.8) is 0 Å². The van der Waals surface area contributed by atoms with Crippen molar-refractivity contribution in [2.75, 3.05) is 32.1 Å². The molecule has 2 heterocycles. The highest BCUT2D eigenvalue weighted by Crippen LogP contribution is 2.16. The minimum absolute atomic E-state index is 0.112. The fourth-order valence-electron chi connectivity index (χ4n) is 2.43. The predicted octanol–water partition coefficient (Wildman–Crippen LogP) is 1.47. The number of methoxy groups -OCH3 is 1. The molecule has 6 nitrogen and oxygen atoms in total. The monoisotopic (exact) mass is 278 g/mol. The highest BCUT2D eigenvalue weighted by molar-refractivity contribution is 5.85. The Kier molecular flexibility index (Phi) is 4.89. The largest absolute Gasteiger partial charge is 0.463 e. The number of rotatable bonds is 4. The maximum absolute atomic E-state index is 11.5. The summed E-state index contributed by atoms with van der Waals surface area (Å²) in [6.07, 6.45) is 2.18. The highest BCUT2D eigenvalue weighted by atomic mass is 16.5. The number of anilines is 1. The Bertz CT molecular complexity index is 470. The number of piperidine rings is 1. The molecule has 0 atom stereocenters.